The van der Waals surface area contributed by atoms with E-state index in [-0.39, 0.29) is 0 Å². The molecule has 0 aliphatic rings. The average Bonchev–Trinajstić information content (AvgIpc) is 2.37. The Morgan fingerprint density at radius 1 is 1.75 bits per heavy atom. The molecule has 0 aromatic carbocycles. The molecule has 1 aromatic rings. The van der Waals surface area contributed by atoms with Crippen LogP contribution in [-0.4, -0.2) is 28.3 Å². The Balaban J connectivity index is 2.32. The molecule has 0 spiro atoms. The molecule has 0 amide bonds. The molecule has 12 heavy (non-hydrogen) atoms. The van der Waals surface area contributed by atoms with Gasteiger partial charge in [-0.2, -0.15) is 0 Å². The number of aromatic nitrogens is 1. The van der Waals surface area contributed by atoms with Crippen molar-refractivity contribution in [2.24, 2.45) is 0 Å². The summed E-state index contributed by atoms with van der Waals surface area (Å²) >= 11 is 5.24. The van der Waals surface area contributed by atoms with E-state index in [1.807, 2.05) is 11.7 Å². The fraction of sp³-hybridized carbons (Fsp3) is 0.625. The van der Waals surface area contributed by atoms with Crippen LogP contribution in [0.2, 0.25) is 0 Å². The van der Waals surface area contributed by atoms with E-state index in [4.69, 9.17) is 0 Å². The summed E-state index contributed by atoms with van der Waals surface area (Å²) in [5, 5.41) is 0. The standard InChI is InChI=1S/C8H13BrN2S/c1-7(9)4-11(2)5-8-3-10-6-12-8/h3,6-7H,4-5H2,1-2H3. The van der Waals surface area contributed by atoms with Crippen LogP contribution in [0.25, 0.3) is 0 Å². The maximum absolute atomic E-state index is 4.03. The molecular formula is C8H13BrN2S. The fourth-order valence-corrected chi connectivity index (χ4v) is 2.25. The Morgan fingerprint density at radius 3 is 3.00 bits per heavy atom. The molecule has 0 fully saturated rings. The molecule has 1 heterocycles. The summed E-state index contributed by atoms with van der Waals surface area (Å²) in [6, 6.07) is 0. The van der Waals surface area contributed by atoms with Crippen molar-refractivity contribution in [2.45, 2.75) is 18.3 Å². The van der Waals surface area contributed by atoms with Crippen LogP contribution in [0.5, 0.6) is 0 Å². The van der Waals surface area contributed by atoms with Crippen molar-refractivity contribution in [3.63, 3.8) is 0 Å². The topological polar surface area (TPSA) is 16.1 Å². The first-order chi connectivity index (χ1) is 5.68. The van der Waals surface area contributed by atoms with E-state index in [0.717, 1.165) is 13.1 Å². The summed E-state index contributed by atoms with van der Waals surface area (Å²) in [4.78, 5) is 8.20. The molecule has 0 aliphatic heterocycles. The van der Waals surface area contributed by atoms with Crippen molar-refractivity contribution in [1.82, 2.24) is 9.88 Å². The molecule has 0 radical (unpaired) electrons. The first kappa shape index (κ1) is 10.2. The Hall–Kier alpha value is 0.0700. The normalized spacial score (nSPS) is 13.7. The van der Waals surface area contributed by atoms with Gasteiger partial charge in [-0.3, -0.25) is 4.98 Å². The molecule has 0 N–H and O–H groups in total. The minimum Gasteiger partial charge on any atom is -0.300 e. The van der Waals surface area contributed by atoms with E-state index in [1.165, 1.54) is 4.88 Å². The van der Waals surface area contributed by atoms with Gasteiger partial charge in [0.1, 0.15) is 0 Å². The van der Waals surface area contributed by atoms with E-state index >= 15 is 0 Å². The first-order valence-electron chi connectivity index (χ1n) is 3.88. The van der Waals surface area contributed by atoms with Crippen LogP contribution in [0.4, 0.5) is 0 Å². The van der Waals surface area contributed by atoms with Gasteiger partial charge < -0.3 is 4.90 Å². The first-order valence-corrected chi connectivity index (χ1v) is 5.68. The summed E-state index contributed by atoms with van der Waals surface area (Å²) in [7, 11) is 2.12. The minimum atomic E-state index is 0.551. The highest BCUT2D eigenvalue weighted by Gasteiger charge is 2.04. The molecule has 0 bridgehead atoms. The second-order valence-corrected chi connectivity index (χ2v) is 5.48. The van der Waals surface area contributed by atoms with E-state index in [0.29, 0.717) is 4.83 Å². The predicted molar refractivity (Wildman–Crippen MR) is 56.8 cm³/mol. The molecule has 4 heteroatoms. The van der Waals surface area contributed by atoms with Crippen LogP contribution in [0.3, 0.4) is 0 Å². The van der Waals surface area contributed by atoms with Gasteiger partial charge in [0.2, 0.25) is 0 Å². The van der Waals surface area contributed by atoms with E-state index in [1.54, 1.807) is 11.3 Å². The molecule has 1 aromatic heterocycles. The highest BCUT2D eigenvalue weighted by atomic mass is 79.9. The zero-order valence-electron chi connectivity index (χ0n) is 7.33. The lowest BCUT2D eigenvalue weighted by molar-refractivity contribution is 0.335. The SMILES string of the molecule is CC(Br)CN(C)Cc1cncs1. The van der Waals surface area contributed by atoms with Gasteiger partial charge in [0.25, 0.3) is 0 Å². The number of halogens is 1. The summed E-state index contributed by atoms with van der Waals surface area (Å²) in [5.41, 5.74) is 1.88. The van der Waals surface area contributed by atoms with Crippen LogP contribution < -0.4 is 0 Å². The van der Waals surface area contributed by atoms with Crippen LogP contribution in [0.15, 0.2) is 11.7 Å². The molecule has 1 rings (SSSR count). The summed E-state index contributed by atoms with van der Waals surface area (Å²) in [6.07, 6.45) is 1.93. The van der Waals surface area contributed by atoms with Crippen molar-refractivity contribution in [3.05, 3.63) is 16.6 Å². The molecule has 1 unspecified atom stereocenters. The molecule has 1 atom stereocenters. The zero-order chi connectivity index (χ0) is 8.97. The highest BCUT2D eigenvalue weighted by molar-refractivity contribution is 9.09. The lowest BCUT2D eigenvalue weighted by Gasteiger charge is -2.16. The Kier molecular flexibility index (Phi) is 4.18. The lowest BCUT2D eigenvalue weighted by Crippen LogP contribution is -2.23. The van der Waals surface area contributed by atoms with Crippen molar-refractivity contribution in [1.29, 1.82) is 0 Å². The maximum Gasteiger partial charge on any atom is 0.0794 e. The number of hydrogen-bond donors (Lipinski definition) is 0. The van der Waals surface area contributed by atoms with Gasteiger partial charge in [0, 0.05) is 29.0 Å². The summed E-state index contributed by atoms with van der Waals surface area (Å²) in [6.45, 7) is 4.22. The van der Waals surface area contributed by atoms with Gasteiger partial charge in [0.15, 0.2) is 0 Å². The van der Waals surface area contributed by atoms with Gasteiger partial charge in [0.05, 0.1) is 5.51 Å². The van der Waals surface area contributed by atoms with Crippen LogP contribution >= 0.6 is 27.3 Å². The highest BCUT2D eigenvalue weighted by Crippen LogP contribution is 2.09. The van der Waals surface area contributed by atoms with Crippen LogP contribution in [0, 0.1) is 0 Å². The zero-order valence-corrected chi connectivity index (χ0v) is 9.73. The van der Waals surface area contributed by atoms with E-state index < -0.39 is 0 Å². The molecule has 0 aliphatic carbocycles. The second-order valence-electron chi connectivity index (χ2n) is 2.95. The third-order valence-corrected chi connectivity index (χ3v) is 2.53. The van der Waals surface area contributed by atoms with Crippen molar-refractivity contribution in [2.75, 3.05) is 13.6 Å². The number of alkyl halides is 1. The quantitative estimate of drug-likeness (QED) is 0.761. The number of hydrogen-bond acceptors (Lipinski definition) is 3. The number of thiazole rings is 1. The van der Waals surface area contributed by atoms with Crippen molar-refractivity contribution < 1.29 is 0 Å². The largest absolute Gasteiger partial charge is 0.300 e. The Morgan fingerprint density at radius 2 is 2.50 bits per heavy atom. The van der Waals surface area contributed by atoms with Gasteiger partial charge in [-0.05, 0) is 7.05 Å². The van der Waals surface area contributed by atoms with Gasteiger partial charge >= 0.3 is 0 Å². The van der Waals surface area contributed by atoms with E-state index in [2.05, 4.69) is 39.8 Å². The maximum atomic E-state index is 4.03. The van der Waals surface area contributed by atoms with Gasteiger partial charge in [-0.25, -0.2) is 0 Å². The number of nitrogens with zero attached hydrogens (tertiary/aromatic N) is 2. The third-order valence-electron chi connectivity index (χ3n) is 1.47. The monoisotopic (exact) mass is 248 g/mol. The third kappa shape index (κ3) is 3.65. The summed E-state index contributed by atoms with van der Waals surface area (Å²) < 4.78 is 0. The number of rotatable bonds is 4. The van der Waals surface area contributed by atoms with Crippen LogP contribution in [-0.2, 0) is 6.54 Å². The Labute approximate surface area is 85.7 Å². The minimum absolute atomic E-state index is 0.551. The molecule has 68 valence electrons. The molecule has 0 saturated heterocycles. The smallest absolute Gasteiger partial charge is 0.0794 e. The van der Waals surface area contributed by atoms with Crippen LogP contribution in [0.1, 0.15) is 11.8 Å². The Bertz CT molecular complexity index is 211. The predicted octanol–water partition coefficient (Wildman–Crippen LogP) is 2.36. The summed E-state index contributed by atoms with van der Waals surface area (Å²) in [5.74, 6) is 0. The lowest BCUT2D eigenvalue weighted by atomic mass is 10.4. The molecule has 2 nitrogen and oxygen atoms in total. The van der Waals surface area contributed by atoms with Gasteiger partial charge in [-0.1, -0.05) is 22.9 Å². The van der Waals surface area contributed by atoms with Gasteiger partial charge in [-0.15, -0.1) is 11.3 Å². The molecular weight excluding hydrogens is 236 g/mol. The average molecular weight is 249 g/mol. The van der Waals surface area contributed by atoms with Crippen molar-refractivity contribution >= 4 is 27.3 Å². The molecule has 0 saturated carbocycles. The second kappa shape index (κ2) is 4.94. The van der Waals surface area contributed by atoms with E-state index in [9.17, 15) is 0 Å². The van der Waals surface area contributed by atoms with Crippen molar-refractivity contribution in [3.8, 4) is 0 Å². The fourth-order valence-electron chi connectivity index (χ4n) is 1.08.